The number of rotatable bonds is 11. The normalized spacial score (nSPS) is 10.4. The van der Waals surface area contributed by atoms with Gasteiger partial charge in [-0.1, -0.05) is 44.3 Å². The number of ketones is 1. The van der Waals surface area contributed by atoms with Gasteiger partial charge in [0.25, 0.3) is 0 Å². The first-order chi connectivity index (χ1) is 18.3. The maximum atomic E-state index is 12.5. The lowest BCUT2D eigenvalue weighted by atomic mass is 10.1. The van der Waals surface area contributed by atoms with Crippen LogP contribution in [-0.4, -0.2) is 23.7 Å². The van der Waals surface area contributed by atoms with Crippen molar-refractivity contribution in [3.8, 4) is 17.2 Å². The first kappa shape index (κ1) is 27.5. The third-order valence-corrected chi connectivity index (χ3v) is 5.31. The maximum Gasteiger partial charge on any atom is 0.343 e. The molecule has 3 aromatic carbocycles. The van der Waals surface area contributed by atoms with Gasteiger partial charge in [0.05, 0.1) is 5.56 Å². The van der Waals surface area contributed by atoms with Gasteiger partial charge in [-0.2, -0.15) is 0 Å². The summed E-state index contributed by atoms with van der Waals surface area (Å²) in [7, 11) is 0. The van der Waals surface area contributed by atoms with Gasteiger partial charge in [-0.05, 0) is 77.7 Å². The number of benzene rings is 3. The van der Waals surface area contributed by atoms with Crippen LogP contribution in [0.25, 0.3) is 6.08 Å². The molecule has 192 valence electrons. The Morgan fingerprint density at radius 2 is 1.45 bits per heavy atom. The van der Waals surface area contributed by atoms with E-state index in [1.54, 1.807) is 72.8 Å². The molecule has 0 N–H and O–H groups in total. The number of carbonyl (C=O) groups is 4. The van der Waals surface area contributed by atoms with Crippen LogP contribution in [0.15, 0.2) is 98.1 Å². The van der Waals surface area contributed by atoms with Crippen molar-refractivity contribution in [2.75, 3.05) is 0 Å². The molecule has 0 aromatic heterocycles. The molecule has 7 heteroatoms. The van der Waals surface area contributed by atoms with Crippen molar-refractivity contribution in [3.05, 3.63) is 120 Å². The zero-order chi connectivity index (χ0) is 27.5. The highest BCUT2D eigenvalue weighted by molar-refractivity contribution is 5.93. The molecule has 3 rings (SSSR count). The highest BCUT2D eigenvalue weighted by Gasteiger charge is 2.13. The number of aryl methyl sites for hydroxylation is 1. The average molecular weight is 511 g/mol. The number of ether oxygens (including phenoxy) is 3. The van der Waals surface area contributed by atoms with Crippen LogP contribution in [-0.2, 0) is 27.2 Å². The van der Waals surface area contributed by atoms with E-state index in [1.807, 2.05) is 6.92 Å². The van der Waals surface area contributed by atoms with Gasteiger partial charge in [0, 0.05) is 18.6 Å². The summed E-state index contributed by atoms with van der Waals surface area (Å²) in [6.07, 6.45) is 5.94. The van der Waals surface area contributed by atoms with Crippen molar-refractivity contribution in [3.63, 3.8) is 0 Å². The molecule has 0 atom stereocenters. The van der Waals surface area contributed by atoms with Crippen molar-refractivity contribution in [2.24, 2.45) is 0 Å². The predicted molar refractivity (Wildman–Crippen MR) is 143 cm³/mol. The Balaban J connectivity index is 1.61. The smallest absolute Gasteiger partial charge is 0.343 e. The fourth-order valence-corrected chi connectivity index (χ4v) is 3.30. The van der Waals surface area contributed by atoms with E-state index in [0.29, 0.717) is 40.4 Å². The van der Waals surface area contributed by atoms with Gasteiger partial charge in [-0.3, -0.25) is 4.79 Å². The zero-order valence-electron chi connectivity index (χ0n) is 20.8. The van der Waals surface area contributed by atoms with Crippen molar-refractivity contribution in [1.82, 2.24) is 0 Å². The summed E-state index contributed by atoms with van der Waals surface area (Å²) in [6, 6.07) is 17.9. The van der Waals surface area contributed by atoms with E-state index >= 15 is 0 Å². The van der Waals surface area contributed by atoms with E-state index < -0.39 is 17.9 Å². The van der Waals surface area contributed by atoms with Crippen molar-refractivity contribution < 1.29 is 33.4 Å². The minimum atomic E-state index is -0.582. The van der Waals surface area contributed by atoms with E-state index in [9.17, 15) is 19.2 Å². The molecule has 0 spiro atoms. The fraction of sp³-hybridized carbons (Fsp3) is 0.0968. The molecule has 3 aromatic rings. The second-order valence-electron chi connectivity index (χ2n) is 8.01. The van der Waals surface area contributed by atoms with Crippen LogP contribution in [0.1, 0.15) is 34.0 Å². The Labute approximate surface area is 220 Å². The van der Waals surface area contributed by atoms with E-state index in [4.69, 9.17) is 14.2 Å². The van der Waals surface area contributed by atoms with Crippen molar-refractivity contribution in [2.45, 2.75) is 19.8 Å². The maximum absolute atomic E-state index is 12.5. The quantitative estimate of drug-likeness (QED) is 0.192. The predicted octanol–water partition coefficient (Wildman–Crippen LogP) is 5.48. The summed E-state index contributed by atoms with van der Waals surface area (Å²) in [5.41, 5.74) is 2.50. The number of allylic oxidation sites excluding steroid dienone is 1. The molecule has 0 heterocycles. The van der Waals surface area contributed by atoms with Crippen LogP contribution in [0.4, 0.5) is 0 Å². The van der Waals surface area contributed by atoms with Gasteiger partial charge < -0.3 is 14.2 Å². The minimum absolute atomic E-state index is 0.105. The second kappa shape index (κ2) is 13.3. The van der Waals surface area contributed by atoms with Crippen molar-refractivity contribution in [1.29, 1.82) is 0 Å². The fourth-order valence-electron chi connectivity index (χ4n) is 3.30. The third kappa shape index (κ3) is 7.99. The number of hydrogen-bond donors (Lipinski definition) is 0. The van der Waals surface area contributed by atoms with Gasteiger partial charge in [0.1, 0.15) is 17.2 Å². The van der Waals surface area contributed by atoms with Crippen LogP contribution in [0.2, 0.25) is 0 Å². The Morgan fingerprint density at radius 3 is 2.08 bits per heavy atom. The van der Waals surface area contributed by atoms with Crippen LogP contribution in [0, 0.1) is 0 Å². The van der Waals surface area contributed by atoms with E-state index in [1.165, 1.54) is 12.2 Å². The zero-order valence-corrected chi connectivity index (χ0v) is 20.8. The topological polar surface area (TPSA) is 96.0 Å². The standard InChI is InChI=1S/C31H26O7/c1-4-23-20-27(37-31(35)24-12-7-22(8-13-24)19-25(32)5-2)16-17-28(23)38-30(34)18-11-21-9-14-26(15-10-21)36-29(33)6-3/h5-18,20H,2-4,19H2,1H3/b18-11+. The highest BCUT2D eigenvalue weighted by atomic mass is 16.5. The molecule has 0 amide bonds. The summed E-state index contributed by atoms with van der Waals surface area (Å²) in [5.74, 6) is -0.772. The molecule has 7 nitrogen and oxygen atoms in total. The molecule has 38 heavy (non-hydrogen) atoms. The molecular formula is C31H26O7. The van der Waals surface area contributed by atoms with Gasteiger partial charge in [-0.25, -0.2) is 14.4 Å². The summed E-state index contributed by atoms with van der Waals surface area (Å²) >= 11 is 0. The molecule has 0 unspecified atom stereocenters. The SMILES string of the molecule is C=CC(=O)Cc1ccc(C(=O)Oc2ccc(OC(=O)/C=C/c3ccc(OC(=O)C=C)cc3)c(CC)c2)cc1. The van der Waals surface area contributed by atoms with Crippen LogP contribution >= 0.6 is 0 Å². The first-order valence-corrected chi connectivity index (χ1v) is 11.7. The summed E-state index contributed by atoms with van der Waals surface area (Å²) < 4.78 is 16.0. The molecule has 0 aliphatic rings. The lowest BCUT2D eigenvalue weighted by Gasteiger charge is -2.10. The van der Waals surface area contributed by atoms with Crippen LogP contribution < -0.4 is 14.2 Å². The molecule has 0 bridgehead atoms. The van der Waals surface area contributed by atoms with E-state index in [0.717, 1.165) is 11.6 Å². The van der Waals surface area contributed by atoms with Crippen LogP contribution in [0.5, 0.6) is 17.2 Å². The highest BCUT2D eigenvalue weighted by Crippen LogP contribution is 2.26. The molecule has 0 saturated heterocycles. The first-order valence-electron chi connectivity index (χ1n) is 11.7. The number of esters is 3. The van der Waals surface area contributed by atoms with Gasteiger partial charge in [-0.15, -0.1) is 0 Å². The van der Waals surface area contributed by atoms with E-state index in [2.05, 4.69) is 13.2 Å². The molecule has 0 aliphatic carbocycles. The third-order valence-electron chi connectivity index (χ3n) is 5.31. The Kier molecular flexibility index (Phi) is 9.65. The Bertz CT molecular complexity index is 1380. The lowest BCUT2D eigenvalue weighted by Crippen LogP contribution is -2.10. The Morgan fingerprint density at radius 1 is 0.763 bits per heavy atom. The van der Waals surface area contributed by atoms with Crippen molar-refractivity contribution >= 4 is 29.8 Å². The summed E-state index contributed by atoms with van der Waals surface area (Å²) in [5, 5.41) is 0. The van der Waals surface area contributed by atoms with Gasteiger partial charge in [0.2, 0.25) is 0 Å². The number of hydrogen-bond acceptors (Lipinski definition) is 7. The Hall–Kier alpha value is -5.04. The molecule has 0 saturated carbocycles. The van der Waals surface area contributed by atoms with Crippen LogP contribution in [0.3, 0.4) is 0 Å². The monoisotopic (exact) mass is 510 g/mol. The second-order valence-corrected chi connectivity index (χ2v) is 8.01. The largest absolute Gasteiger partial charge is 0.423 e. The molecule has 0 radical (unpaired) electrons. The summed E-state index contributed by atoms with van der Waals surface area (Å²) in [6.45, 7) is 8.68. The molecule has 0 fully saturated rings. The molecular weight excluding hydrogens is 484 g/mol. The minimum Gasteiger partial charge on any atom is -0.423 e. The summed E-state index contributed by atoms with van der Waals surface area (Å²) in [4.78, 5) is 47.6. The number of carbonyl (C=O) groups excluding carboxylic acids is 4. The van der Waals surface area contributed by atoms with Gasteiger partial charge in [0.15, 0.2) is 5.78 Å². The molecule has 0 aliphatic heterocycles. The van der Waals surface area contributed by atoms with Gasteiger partial charge >= 0.3 is 17.9 Å². The van der Waals surface area contributed by atoms with E-state index in [-0.39, 0.29) is 12.2 Å². The lowest BCUT2D eigenvalue weighted by molar-refractivity contribution is -0.129. The average Bonchev–Trinajstić information content (AvgIpc) is 2.93.